The number of rotatable bonds is 4. The van der Waals surface area contributed by atoms with E-state index in [2.05, 4.69) is 19.6 Å². The molecule has 0 aliphatic rings. The minimum atomic E-state index is 0.0545. The van der Waals surface area contributed by atoms with Crippen LogP contribution in [0.3, 0.4) is 0 Å². The first kappa shape index (κ1) is 13.1. The first-order valence-electron chi connectivity index (χ1n) is 6.33. The van der Waals surface area contributed by atoms with Crippen molar-refractivity contribution in [3.8, 4) is 0 Å². The largest absolute Gasteiger partial charge is 0.416 e. The highest BCUT2D eigenvalue weighted by molar-refractivity contribution is 7.99. The van der Waals surface area contributed by atoms with Crippen LogP contribution in [0.25, 0.3) is 5.65 Å². The Balaban J connectivity index is 2.04. The van der Waals surface area contributed by atoms with Crippen LogP contribution in [0.15, 0.2) is 39.1 Å². The number of imidazole rings is 1. The highest BCUT2D eigenvalue weighted by Gasteiger charge is 2.17. The predicted molar refractivity (Wildman–Crippen MR) is 75.7 cm³/mol. The van der Waals surface area contributed by atoms with Gasteiger partial charge in [-0.3, -0.25) is 0 Å². The van der Waals surface area contributed by atoms with Crippen LogP contribution in [-0.2, 0) is 6.42 Å². The molecule has 2 N–H and O–H groups in total. The maximum absolute atomic E-state index is 5.94. The summed E-state index contributed by atoms with van der Waals surface area (Å²) in [6.45, 7) is 3.75. The molecule has 0 saturated heterocycles. The molecule has 3 heterocycles. The van der Waals surface area contributed by atoms with Gasteiger partial charge in [0.15, 0.2) is 0 Å². The molecule has 0 fully saturated rings. The average molecular weight is 289 g/mol. The van der Waals surface area contributed by atoms with Crippen molar-refractivity contribution >= 4 is 17.4 Å². The van der Waals surface area contributed by atoms with Crippen LogP contribution in [-0.4, -0.2) is 25.6 Å². The minimum Gasteiger partial charge on any atom is -0.416 e. The first-order chi connectivity index (χ1) is 9.63. The van der Waals surface area contributed by atoms with Gasteiger partial charge in [0.2, 0.25) is 5.89 Å². The second-order valence-corrected chi connectivity index (χ2v) is 5.60. The molecule has 3 aromatic rings. The number of aromatic nitrogens is 4. The maximum atomic E-state index is 5.94. The highest BCUT2D eigenvalue weighted by Crippen LogP contribution is 2.30. The standard InChI is InChI=1S/C13H15N5OS/c1-8(14)7-10-12(20-13-17-16-9(2)19-13)15-11-5-3-4-6-18(10)11/h3-6,8H,7,14H2,1-2H3. The average Bonchev–Trinajstić information content (AvgIpc) is 2.95. The third-order valence-corrected chi connectivity index (χ3v) is 3.66. The van der Waals surface area contributed by atoms with E-state index in [1.807, 2.05) is 31.3 Å². The van der Waals surface area contributed by atoms with E-state index in [4.69, 9.17) is 10.2 Å². The Morgan fingerprint density at radius 2 is 2.25 bits per heavy atom. The van der Waals surface area contributed by atoms with E-state index < -0.39 is 0 Å². The summed E-state index contributed by atoms with van der Waals surface area (Å²) >= 11 is 1.37. The molecule has 0 aliphatic heterocycles. The zero-order chi connectivity index (χ0) is 14.1. The van der Waals surface area contributed by atoms with E-state index in [1.165, 1.54) is 11.8 Å². The summed E-state index contributed by atoms with van der Waals surface area (Å²) in [5, 5.41) is 9.18. The first-order valence-corrected chi connectivity index (χ1v) is 7.14. The topological polar surface area (TPSA) is 82.2 Å². The van der Waals surface area contributed by atoms with E-state index in [-0.39, 0.29) is 6.04 Å². The molecule has 0 bridgehead atoms. The molecule has 0 amide bonds. The Labute approximate surface area is 120 Å². The van der Waals surface area contributed by atoms with Crippen molar-refractivity contribution < 1.29 is 4.42 Å². The van der Waals surface area contributed by atoms with Gasteiger partial charge in [0.25, 0.3) is 5.22 Å². The maximum Gasteiger partial charge on any atom is 0.282 e. The third kappa shape index (κ3) is 2.54. The molecule has 1 atom stereocenters. The van der Waals surface area contributed by atoms with Gasteiger partial charge in [-0.15, -0.1) is 10.2 Å². The van der Waals surface area contributed by atoms with Crippen LogP contribution in [0.2, 0.25) is 0 Å². The van der Waals surface area contributed by atoms with Crippen molar-refractivity contribution in [2.75, 3.05) is 0 Å². The van der Waals surface area contributed by atoms with E-state index in [0.717, 1.165) is 22.8 Å². The Kier molecular flexibility index (Phi) is 3.45. The molecular weight excluding hydrogens is 274 g/mol. The van der Waals surface area contributed by atoms with Crippen LogP contribution in [0.4, 0.5) is 0 Å². The number of nitrogens with two attached hydrogens (primary N) is 1. The van der Waals surface area contributed by atoms with Crippen molar-refractivity contribution in [3.63, 3.8) is 0 Å². The monoisotopic (exact) mass is 289 g/mol. The van der Waals surface area contributed by atoms with Crippen molar-refractivity contribution in [1.29, 1.82) is 0 Å². The molecule has 0 radical (unpaired) electrons. The Hall–Kier alpha value is -1.86. The molecular formula is C13H15N5OS. The third-order valence-electron chi connectivity index (χ3n) is 2.80. The second-order valence-electron chi connectivity index (χ2n) is 4.66. The van der Waals surface area contributed by atoms with E-state index >= 15 is 0 Å². The Morgan fingerprint density at radius 1 is 1.40 bits per heavy atom. The summed E-state index contributed by atoms with van der Waals surface area (Å²) in [6, 6.07) is 5.96. The summed E-state index contributed by atoms with van der Waals surface area (Å²) < 4.78 is 7.45. The van der Waals surface area contributed by atoms with E-state index in [0.29, 0.717) is 11.1 Å². The summed E-state index contributed by atoms with van der Waals surface area (Å²) in [4.78, 5) is 4.61. The molecule has 104 valence electrons. The summed E-state index contributed by atoms with van der Waals surface area (Å²) in [5.41, 5.74) is 7.90. The second kappa shape index (κ2) is 5.26. The van der Waals surface area contributed by atoms with Gasteiger partial charge in [-0.1, -0.05) is 6.07 Å². The molecule has 0 spiro atoms. The Bertz CT molecular complexity index is 733. The number of hydrogen-bond acceptors (Lipinski definition) is 6. The van der Waals surface area contributed by atoms with Gasteiger partial charge in [-0.25, -0.2) is 4.98 Å². The van der Waals surface area contributed by atoms with Gasteiger partial charge in [0.05, 0.1) is 5.69 Å². The van der Waals surface area contributed by atoms with Crippen LogP contribution in [0.1, 0.15) is 18.5 Å². The normalized spacial score (nSPS) is 12.9. The lowest BCUT2D eigenvalue weighted by Gasteiger charge is -2.06. The molecule has 3 aromatic heterocycles. The number of aryl methyl sites for hydroxylation is 1. The zero-order valence-electron chi connectivity index (χ0n) is 11.3. The smallest absolute Gasteiger partial charge is 0.282 e. The number of fused-ring (bicyclic) bond motifs is 1. The number of nitrogens with zero attached hydrogens (tertiary/aromatic N) is 4. The molecule has 0 aromatic carbocycles. The van der Waals surface area contributed by atoms with Gasteiger partial charge >= 0.3 is 0 Å². The molecule has 1 unspecified atom stereocenters. The van der Waals surface area contributed by atoms with Crippen molar-refractivity contribution in [2.24, 2.45) is 5.73 Å². The molecule has 20 heavy (non-hydrogen) atoms. The lowest BCUT2D eigenvalue weighted by atomic mass is 10.2. The molecule has 0 saturated carbocycles. The lowest BCUT2D eigenvalue weighted by molar-refractivity contribution is 0.429. The van der Waals surface area contributed by atoms with Gasteiger partial charge in [-0.2, -0.15) is 0 Å². The zero-order valence-corrected chi connectivity index (χ0v) is 12.1. The number of hydrogen-bond donors (Lipinski definition) is 1. The van der Waals surface area contributed by atoms with Crippen LogP contribution < -0.4 is 5.73 Å². The summed E-state index contributed by atoms with van der Waals surface area (Å²) in [6.07, 6.45) is 2.73. The fourth-order valence-electron chi connectivity index (χ4n) is 2.00. The predicted octanol–water partition coefficient (Wildman–Crippen LogP) is 2.07. The van der Waals surface area contributed by atoms with Crippen molar-refractivity contribution in [1.82, 2.24) is 19.6 Å². The Morgan fingerprint density at radius 3 is 2.95 bits per heavy atom. The molecule has 6 nitrogen and oxygen atoms in total. The van der Waals surface area contributed by atoms with Crippen LogP contribution in [0, 0.1) is 6.92 Å². The van der Waals surface area contributed by atoms with Crippen LogP contribution in [0.5, 0.6) is 0 Å². The minimum absolute atomic E-state index is 0.0545. The quantitative estimate of drug-likeness (QED) is 0.791. The van der Waals surface area contributed by atoms with Gasteiger partial charge < -0.3 is 14.6 Å². The van der Waals surface area contributed by atoms with Crippen molar-refractivity contribution in [3.05, 3.63) is 36.0 Å². The van der Waals surface area contributed by atoms with Gasteiger partial charge in [0, 0.05) is 25.6 Å². The highest BCUT2D eigenvalue weighted by atomic mass is 32.2. The van der Waals surface area contributed by atoms with Crippen molar-refractivity contribution in [2.45, 2.75) is 36.6 Å². The van der Waals surface area contributed by atoms with E-state index in [1.54, 1.807) is 6.92 Å². The summed E-state index contributed by atoms with van der Waals surface area (Å²) in [5.74, 6) is 0.546. The molecule has 0 aliphatic carbocycles. The fourth-order valence-corrected chi connectivity index (χ4v) is 2.85. The van der Waals surface area contributed by atoms with E-state index in [9.17, 15) is 0 Å². The lowest BCUT2D eigenvalue weighted by Crippen LogP contribution is -2.19. The van der Waals surface area contributed by atoms with Gasteiger partial charge in [-0.05, 0) is 30.8 Å². The SMILES string of the molecule is Cc1nnc(Sc2nc3ccccn3c2CC(C)N)o1. The number of pyridine rings is 1. The molecule has 3 rings (SSSR count). The summed E-state index contributed by atoms with van der Waals surface area (Å²) in [7, 11) is 0. The fraction of sp³-hybridized carbons (Fsp3) is 0.308. The van der Waals surface area contributed by atoms with Crippen LogP contribution >= 0.6 is 11.8 Å². The van der Waals surface area contributed by atoms with Gasteiger partial charge in [0.1, 0.15) is 10.7 Å². The molecule has 7 heteroatoms.